The zero-order chi connectivity index (χ0) is 17.8. The molecule has 0 spiro atoms. The van der Waals surface area contributed by atoms with Crippen LogP contribution in [0, 0.1) is 5.92 Å². The van der Waals surface area contributed by atoms with Crippen molar-refractivity contribution in [1.29, 1.82) is 0 Å². The van der Waals surface area contributed by atoms with E-state index in [9.17, 15) is 9.59 Å². The highest BCUT2D eigenvalue weighted by Gasteiger charge is 1.95. The van der Waals surface area contributed by atoms with E-state index >= 15 is 0 Å². The molecule has 2 N–H and O–H groups in total. The number of unbranched alkanes of at least 4 members (excludes halogenated alkanes) is 5. The van der Waals surface area contributed by atoms with Gasteiger partial charge in [0.05, 0.1) is 0 Å². The van der Waals surface area contributed by atoms with Crippen molar-refractivity contribution in [2.75, 3.05) is 6.61 Å². The van der Waals surface area contributed by atoms with E-state index in [0.717, 1.165) is 32.1 Å². The Kier molecular flexibility index (Phi) is 26.5. The number of hydrogen-bond acceptors (Lipinski definition) is 3. The van der Waals surface area contributed by atoms with Crippen LogP contribution in [0.3, 0.4) is 0 Å². The Balaban J connectivity index is -0.000000247. The highest BCUT2D eigenvalue weighted by atomic mass is 16.4. The summed E-state index contributed by atoms with van der Waals surface area (Å²) in [5, 5.41) is 16.4. The second kappa shape index (κ2) is 22.4. The van der Waals surface area contributed by atoms with Gasteiger partial charge in [-0.25, -0.2) is 0 Å². The minimum absolute atomic E-state index is 0.287. The van der Waals surface area contributed by atoms with Crippen LogP contribution in [-0.4, -0.2) is 28.6 Å². The highest BCUT2D eigenvalue weighted by Crippen LogP contribution is 1.98. The lowest BCUT2D eigenvalue weighted by Crippen LogP contribution is -1.95. The quantitative estimate of drug-likeness (QED) is 0.566. The van der Waals surface area contributed by atoms with Gasteiger partial charge in [0.25, 0.3) is 0 Å². The average Bonchev–Trinajstić information content (AvgIpc) is 2.39. The van der Waals surface area contributed by atoms with Crippen LogP contribution in [0.4, 0.5) is 0 Å². The van der Waals surface area contributed by atoms with Gasteiger partial charge in [-0.15, -0.1) is 0 Å². The van der Waals surface area contributed by atoms with Gasteiger partial charge in [0.15, 0.2) is 0 Å². The largest absolute Gasteiger partial charge is 0.481 e. The Morgan fingerprint density at radius 3 is 1.68 bits per heavy atom. The first-order chi connectivity index (χ1) is 10.3. The molecule has 0 amide bonds. The maximum atomic E-state index is 10.3. The normalized spacial score (nSPS) is 9.41. The van der Waals surface area contributed by atoms with Crippen LogP contribution in [-0.2, 0) is 9.59 Å². The molecule has 0 aliphatic heterocycles. The number of aliphatic hydroxyl groups is 1. The molecule has 134 valence electrons. The van der Waals surface area contributed by atoms with Crippen molar-refractivity contribution in [1.82, 2.24) is 0 Å². The Morgan fingerprint density at radius 2 is 1.41 bits per heavy atom. The maximum Gasteiger partial charge on any atom is 0.303 e. The lowest BCUT2D eigenvalue weighted by atomic mass is 10.1. The van der Waals surface area contributed by atoms with Crippen LogP contribution in [0.2, 0.25) is 0 Å². The predicted octanol–water partition coefficient (Wildman–Crippen LogP) is 4.83. The van der Waals surface area contributed by atoms with Crippen molar-refractivity contribution in [2.24, 2.45) is 5.92 Å². The predicted molar refractivity (Wildman–Crippen MR) is 93.1 cm³/mol. The molecule has 0 saturated heterocycles. The molecule has 0 aromatic rings. The van der Waals surface area contributed by atoms with Crippen LogP contribution in [0.1, 0.15) is 92.4 Å². The number of ketones is 1. The summed E-state index contributed by atoms with van der Waals surface area (Å²) in [4.78, 5) is 20.1. The molecule has 0 atom stereocenters. The number of aliphatic hydroxyl groups excluding tert-OH is 1. The summed E-state index contributed by atoms with van der Waals surface area (Å²) < 4.78 is 0. The van der Waals surface area contributed by atoms with Crippen molar-refractivity contribution in [3.8, 4) is 0 Å². The first-order valence-corrected chi connectivity index (χ1v) is 8.63. The van der Waals surface area contributed by atoms with Crippen LogP contribution in [0.5, 0.6) is 0 Å². The number of rotatable bonds is 10. The van der Waals surface area contributed by atoms with Gasteiger partial charge in [-0.3, -0.25) is 4.79 Å². The minimum atomic E-state index is -0.682. The van der Waals surface area contributed by atoms with Gasteiger partial charge < -0.3 is 15.0 Å². The lowest BCUT2D eigenvalue weighted by Gasteiger charge is -1.95. The zero-order valence-corrected chi connectivity index (χ0v) is 15.4. The fourth-order valence-corrected chi connectivity index (χ4v) is 1.64. The third kappa shape index (κ3) is 42.7. The molecule has 0 bridgehead atoms. The van der Waals surface area contributed by atoms with Crippen LogP contribution < -0.4 is 0 Å². The van der Waals surface area contributed by atoms with Crippen LogP contribution in [0.25, 0.3) is 0 Å². The van der Waals surface area contributed by atoms with Crippen molar-refractivity contribution >= 4 is 11.8 Å². The van der Waals surface area contributed by atoms with Gasteiger partial charge in [0.1, 0.15) is 5.78 Å². The van der Waals surface area contributed by atoms with Gasteiger partial charge in [-0.1, -0.05) is 59.8 Å². The number of carboxylic acid groups (broad SMARTS) is 1. The first-order valence-electron chi connectivity index (χ1n) is 8.63. The lowest BCUT2D eigenvalue weighted by molar-refractivity contribution is -0.137. The molecule has 4 nitrogen and oxygen atoms in total. The van der Waals surface area contributed by atoms with E-state index in [-0.39, 0.29) is 5.78 Å². The van der Waals surface area contributed by atoms with Gasteiger partial charge in [-0.2, -0.15) is 0 Å². The van der Waals surface area contributed by atoms with E-state index in [4.69, 9.17) is 10.2 Å². The first kappa shape index (κ1) is 26.0. The van der Waals surface area contributed by atoms with Crippen molar-refractivity contribution in [3.63, 3.8) is 0 Å². The molecular formula is C18H38O4. The molecule has 0 aliphatic rings. The molecule has 0 saturated carbocycles. The molecule has 0 unspecified atom stereocenters. The number of hydrogen-bond donors (Lipinski definition) is 2. The molecule has 22 heavy (non-hydrogen) atoms. The Morgan fingerprint density at radius 1 is 0.909 bits per heavy atom. The topological polar surface area (TPSA) is 74.6 Å². The molecule has 0 aromatic heterocycles. The van der Waals surface area contributed by atoms with E-state index in [1.54, 1.807) is 6.92 Å². The second-order valence-corrected chi connectivity index (χ2v) is 5.94. The SMILES string of the molecule is CC(=O)CC(C)C.CCCCCC(=O)O.CCCCCCO. The molecular weight excluding hydrogens is 280 g/mol. The van der Waals surface area contributed by atoms with Gasteiger partial charge in [0, 0.05) is 19.4 Å². The summed E-state index contributed by atoms with van der Waals surface area (Å²) in [5.41, 5.74) is 0. The van der Waals surface area contributed by atoms with Crippen molar-refractivity contribution < 1.29 is 19.8 Å². The van der Waals surface area contributed by atoms with Crippen LogP contribution >= 0.6 is 0 Å². The summed E-state index contributed by atoms with van der Waals surface area (Å²) in [6.45, 7) is 10.3. The molecule has 4 heteroatoms. The van der Waals surface area contributed by atoms with Gasteiger partial charge >= 0.3 is 5.97 Å². The highest BCUT2D eigenvalue weighted by molar-refractivity contribution is 5.75. The van der Waals surface area contributed by atoms with E-state index in [2.05, 4.69) is 13.8 Å². The third-order valence-corrected chi connectivity index (χ3v) is 2.70. The van der Waals surface area contributed by atoms with E-state index in [1.807, 2.05) is 13.8 Å². The van der Waals surface area contributed by atoms with E-state index in [1.165, 1.54) is 19.3 Å². The van der Waals surface area contributed by atoms with E-state index in [0.29, 0.717) is 18.9 Å². The Bertz CT molecular complexity index is 233. The molecule has 0 fully saturated rings. The minimum Gasteiger partial charge on any atom is -0.481 e. The van der Waals surface area contributed by atoms with Crippen molar-refractivity contribution in [2.45, 2.75) is 92.4 Å². The maximum absolute atomic E-state index is 10.3. The fraction of sp³-hybridized carbons (Fsp3) is 0.889. The molecule has 0 heterocycles. The molecule has 0 radical (unpaired) electrons. The second-order valence-electron chi connectivity index (χ2n) is 5.94. The number of carbonyl (C=O) groups is 2. The summed E-state index contributed by atoms with van der Waals surface area (Å²) in [6, 6.07) is 0. The van der Waals surface area contributed by atoms with E-state index < -0.39 is 5.97 Å². The summed E-state index contributed by atoms with van der Waals surface area (Å²) in [6.07, 6.45) is 8.68. The smallest absolute Gasteiger partial charge is 0.303 e. The summed E-state index contributed by atoms with van der Waals surface area (Å²) in [5.74, 6) is 0.131. The molecule has 0 rings (SSSR count). The number of aliphatic carboxylic acids is 1. The fourth-order valence-electron chi connectivity index (χ4n) is 1.64. The van der Waals surface area contributed by atoms with Gasteiger partial charge in [0.2, 0.25) is 0 Å². The Labute approximate surface area is 137 Å². The third-order valence-electron chi connectivity index (χ3n) is 2.70. The molecule has 0 aromatic carbocycles. The average molecular weight is 318 g/mol. The summed E-state index contributed by atoms with van der Waals surface area (Å²) >= 11 is 0. The monoisotopic (exact) mass is 318 g/mol. The number of carboxylic acids is 1. The zero-order valence-electron chi connectivity index (χ0n) is 15.4. The number of carbonyl (C=O) groups excluding carboxylic acids is 1. The van der Waals surface area contributed by atoms with Crippen LogP contribution in [0.15, 0.2) is 0 Å². The Hall–Kier alpha value is -0.900. The molecule has 0 aliphatic carbocycles. The van der Waals surface area contributed by atoms with Crippen molar-refractivity contribution in [3.05, 3.63) is 0 Å². The number of Topliss-reactive ketones (excluding diaryl/α,β-unsaturated/α-hetero) is 1. The van der Waals surface area contributed by atoms with Gasteiger partial charge in [-0.05, 0) is 25.7 Å². The standard InChI is InChI=1S/C6H12O2.C6H12O.C6H14O/c1-2-3-4-5-6(7)8;1-5(2)4-6(3)7;1-2-3-4-5-6-7/h2-5H2,1H3,(H,7,8);5H,4H2,1-3H3;7H,2-6H2,1H3. The summed E-state index contributed by atoms with van der Waals surface area (Å²) in [7, 11) is 0.